The minimum absolute atomic E-state index is 0.0696. The first-order chi connectivity index (χ1) is 47.5. The zero-order valence-corrected chi connectivity index (χ0v) is 76.5. The Bertz CT molecular complexity index is 3110. The van der Waals surface area contributed by atoms with Crippen LogP contribution in [0, 0.1) is 0 Å². The number of nitrogens with zero attached hydrogens (tertiary/aromatic N) is 13. The summed E-state index contributed by atoms with van der Waals surface area (Å²) in [6.07, 6.45) is 5.85. The predicted octanol–water partition coefficient (Wildman–Crippen LogP) is 27.1. The van der Waals surface area contributed by atoms with Gasteiger partial charge >= 0.3 is 0 Å². The van der Waals surface area contributed by atoms with Crippen LogP contribution in [0.5, 0.6) is 0 Å². The average Bonchev–Trinajstić information content (AvgIpc) is 1.71. The van der Waals surface area contributed by atoms with Crippen molar-refractivity contribution in [3.05, 3.63) is 129 Å². The summed E-state index contributed by atoms with van der Waals surface area (Å²) in [4.78, 5) is 25.9. The molecule has 0 aliphatic heterocycles. The highest BCUT2D eigenvalue weighted by Gasteiger charge is 2.24. The lowest BCUT2D eigenvalue weighted by Crippen LogP contribution is -2.13. The van der Waals surface area contributed by atoms with Gasteiger partial charge in [-0.1, -0.05) is 294 Å². The van der Waals surface area contributed by atoms with E-state index in [1.165, 1.54) is 41.9 Å². The molecule has 0 aliphatic carbocycles. The topological polar surface area (TPSA) is 220 Å². The quantitative estimate of drug-likeness (QED) is 0.105. The lowest BCUT2D eigenvalue weighted by Gasteiger charge is -2.14. The summed E-state index contributed by atoms with van der Waals surface area (Å²) < 4.78 is 29.9. The Morgan fingerprint density at radius 1 is 0.327 bits per heavy atom. The molecule has 0 saturated carbocycles. The number of aromatic nitrogens is 13. The van der Waals surface area contributed by atoms with Crippen molar-refractivity contribution >= 4 is 57.1 Å². The minimum Gasteiger partial charge on any atom is -0.445 e. The number of rotatable bonds is 13. The van der Waals surface area contributed by atoms with Crippen molar-refractivity contribution in [3.8, 4) is 0 Å². The van der Waals surface area contributed by atoms with E-state index < -0.39 is 0 Å². The highest BCUT2D eigenvalue weighted by atomic mass is 32.1. The van der Waals surface area contributed by atoms with Gasteiger partial charge in [-0.05, 0) is 52.3 Å². The van der Waals surface area contributed by atoms with Crippen molar-refractivity contribution in [1.82, 2.24) is 64.4 Å². The van der Waals surface area contributed by atoms with Gasteiger partial charge in [0.05, 0.1) is 27.6 Å². The van der Waals surface area contributed by atoms with Crippen LogP contribution in [0.2, 0.25) is 0 Å². The summed E-state index contributed by atoms with van der Waals surface area (Å²) in [6, 6.07) is 4.27. The van der Waals surface area contributed by atoms with Crippen molar-refractivity contribution in [1.29, 1.82) is 0 Å². The van der Waals surface area contributed by atoms with Gasteiger partial charge in [-0.2, -0.15) is 13.7 Å². The zero-order chi connectivity index (χ0) is 80.5. The molecule has 0 saturated heterocycles. The maximum atomic E-state index is 5.60. The number of hydrogen-bond donors (Lipinski definition) is 0. The molecular weight excluding hydrogens is 1390 g/mol. The largest absolute Gasteiger partial charge is 0.445 e. The first-order valence-corrected chi connectivity index (χ1v) is 41.6. The molecule has 17 nitrogen and oxygen atoms in total. The Hall–Kier alpha value is -5.29. The molecule has 0 atom stereocenters. The fraction of sp³-hybridized carbons (Fsp3) is 0.720. The second kappa shape index (κ2) is 43.6. The average molecular weight is 1530 g/mol. The number of thiazole rings is 2. The van der Waals surface area contributed by atoms with Gasteiger partial charge in [0.2, 0.25) is 17.7 Å². The minimum atomic E-state index is 0.0696. The maximum absolute atomic E-state index is 5.60. The molecule has 0 amide bonds. The van der Waals surface area contributed by atoms with Crippen molar-refractivity contribution < 1.29 is 17.9 Å². The summed E-state index contributed by atoms with van der Waals surface area (Å²) in [5.74, 6) is 12.7. The molecule has 0 bridgehead atoms. The van der Waals surface area contributed by atoms with E-state index in [4.69, 9.17) is 17.9 Å². The van der Waals surface area contributed by atoms with E-state index in [1.807, 2.05) is 88.9 Å². The van der Waals surface area contributed by atoms with E-state index in [9.17, 15) is 0 Å². The SMILES string of the molecule is CC(C)c1cc(C(C)(C)C)ns1.CC(C)c1cc(C(C)C)on1.CC(C)c1cnc(C(C)(C)C)s1.CC(C)c1nc(C(C)(C)C)ns1.CC(C)c1ncc(C(C)(C)C)o1.CC(C)c1ncc(C(C)(C)C)s1.CC(C)c1nnc(C(C)C)o1.CC(C)c1nnc(C(C)C)s1.CC(C)c1noc(C(C)C)n1. The van der Waals surface area contributed by atoms with E-state index >= 15 is 0 Å². The smallest absolute Gasteiger partial charge is 0.229 e. The Balaban J connectivity index is 0.000000585. The van der Waals surface area contributed by atoms with Crippen LogP contribution in [0.4, 0.5) is 0 Å². The van der Waals surface area contributed by atoms with Crippen LogP contribution >= 0.6 is 57.1 Å². The van der Waals surface area contributed by atoms with E-state index in [1.54, 1.807) is 22.9 Å². The van der Waals surface area contributed by atoms with Crippen LogP contribution in [0.15, 0.2) is 48.6 Å². The van der Waals surface area contributed by atoms with Crippen LogP contribution in [-0.4, -0.2) is 64.4 Å². The molecule has 22 heteroatoms. The summed E-state index contributed by atoms with van der Waals surface area (Å²) in [7, 11) is 0. The highest BCUT2D eigenvalue weighted by molar-refractivity contribution is 7.12. The van der Waals surface area contributed by atoms with Gasteiger partial charge in [-0.15, -0.1) is 54.4 Å². The molecule has 0 spiro atoms. The highest BCUT2D eigenvalue weighted by Crippen LogP contribution is 2.34. The maximum Gasteiger partial charge on any atom is 0.229 e. The molecule has 0 radical (unpaired) electrons. The van der Waals surface area contributed by atoms with Crippen LogP contribution in [-0.2, 0) is 27.1 Å². The molecule has 9 aromatic heterocycles. The summed E-state index contributed by atoms with van der Waals surface area (Å²) in [5, 5.41) is 29.8. The number of hydrogen-bond acceptors (Lipinski definition) is 22. The lowest BCUT2D eigenvalue weighted by atomic mass is 9.92. The third-order valence-electron chi connectivity index (χ3n) is 14.8. The molecule has 0 fully saturated rings. The van der Waals surface area contributed by atoms with Crippen molar-refractivity contribution in [2.24, 2.45) is 0 Å². The Kier molecular flexibility index (Phi) is 40.6. The van der Waals surface area contributed by atoms with Gasteiger partial charge in [0.25, 0.3) is 0 Å². The lowest BCUT2D eigenvalue weighted by molar-refractivity contribution is 0.359. The monoisotopic (exact) mass is 1530 g/mol. The number of oxazole rings is 1. The standard InChI is InChI=1S/C10H17NO.3C10H17NS.C9H16N2S.C9H15NO.2C8H14N2O.C8H14N2S/c2*1-7(2)9-11-6-8(12-9)10(3,4)5;1-7(2)8-6-11-9(12-8)10(3,4)5;1-7(2)8-6-9(11-12-8)10(3,4)5;1-6(2)7-10-8(11-12-7)9(3,4)5;1-6(2)8-5-9(7(3)4)11-10-8;1-5(2)7-9-10-8(11-7)6(3)4;1-5(2)7-9-8(6(3)4)11-10-7;1-5(2)7-9-10-8(11-7)6(3)4/h4*6-7H,1-5H3;6H,1-5H3;5-7H,1-4H3;3*5-6H,1-4H3. The van der Waals surface area contributed by atoms with Gasteiger partial charge in [0.1, 0.15) is 32.4 Å². The molecule has 0 N–H and O–H groups in total. The summed E-state index contributed by atoms with van der Waals surface area (Å²) in [6.45, 7) is 87.7. The second-order valence-electron chi connectivity index (χ2n) is 35.6. The molecule has 0 aromatic carbocycles. The molecule has 9 rings (SSSR count). The molecule has 0 unspecified atom stereocenters. The van der Waals surface area contributed by atoms with Crippen LogP contribution in [0.25, 0.3) is 0 Å². The van der Waals surface area contributed by atoms with Crippen molar-refractivity contribution in [3.63, 3.8) is 0 Å². The van der Waals surface area contributed by atoms with Gasteiger partial charge in [-0.25, -0.2) is 19.9 Å². The van der Waals surface area contributed by atoms with Crippen molar-refractivity contribution in [2.45, 2.75) is 388 Å². The Morgan fingerprint density at radius 2 is 0.827 bits per heavy atom. The molecule has 9 heterocycles. The van der Waals surface area contributed by atoms with E-state index in [-0.39, 0.29) is 27.1 Å². The molecule has 9 aromatic rings. The predicted molar refractivity (Wildman–Crippen MR) is 444 cm³/mol. The first kappa shape index (κ1) is 96.7. The Morgan fingerprint density at radius 3 is 1.07 bits per heavy atom. The zero-order valence-electron chi connectivity index (χ0n) is 72.4. The molecule has 0 aliphatic rings. The third kappa shape index (κ3) is 35.6. The molecular formula is C82H141N13O4S5. The first-order valence-electron chi connectivity index (χ1n) is 37.7. The van der Waals surface area contributed by atoms with E-state index in [0.29, 0.717) is 76.9 Å². The van der Waals surface area contributed by atoms with Gasteiger partial charge < -0.3 is 17.9 Å². The molecule has 104 heavy (non-hydrogen) atoms. The summed E-state index contributed by atoms with van der Waals surface area (Å²) in [5.41, 5.74) is 3.08. The fourth-order valence-corrected chi connectivity index (χ4v) is 11.9. The van der Waals surface area contributed by atoms with Crippen LogP contribution in [0.1, 0.15) is 459 Å². The normalized spacial score (nSPS) is 12.1. The summed E-state index contributed by atoms with van der Waals surface area (Å²) >= 11 is 8.56. The van der Waals surface area contributed by atoms with Crippen LogP contribution in [0.3, 0.4) is 0 Å². The van der Waals surface area contributed by atoms with E-state index in [2.05, 4.69) is 313 Å². The van der Waals surface area contributed by atoms with Gasteiger partial charge in [0, 0.05) is 114 Å². The van der Waals surface area contributed by atoms with E-state index in [0.717, 1.165) is 67.4 Å². The molecule has 588 valence electrons. The Labute approximate surface area is 651 Å². The third-order valence-corrected chi connectivity index (χ3v) is 21.9. The second-order valence-corrected chi connectivity index (χ2v) is 40.4. The van der Waals surface area contributed by atoms with Gasteiger partial charge in [-0.3, -0.25) is 0 Å². The van der Waals surface area contributed by atoms with Gasteiger partial charge in [0.15, 0.2) is 11.7 Å². The van der Waals surface area contributed by atoms with Crippen molar-refractivity contribution in [2.75, 3.05) is 0 Å². The fourth-order valence-electron chi connectivity index (χ4n) is 7.38. The van der Waals surface area contributed by atoms with Crippen LogP contribution < -0.4 is 0 Å².